The first-order valence-corrected chi connectivity index (χ1v) is 6.09. The van der Waals surface area contributed by atoms with Crippen molar-refractivity contribution in [2.75, 3.05) is 6.61 Å². The molecule has 0 saturated carbocycles. The Morgan fingerprint density at radius 3 is 3.06 bits per heavy atom. The molecule has 16 heavy (non-hydrogen) atoms. The predicted molar refractivity (Wildman–Crippen MR) is 69.8 cm³/mol. The second kappa shape index (κ2) is 4.58. The smallest absolute Gasteiger partial charge is 0.355 e. The zero-order chi connectivity index (χ0) is 11.7. The van der Waals surface area contributed by atoms with E-state index >= 15 is 0 Å². The molecule has 0 aromatic carbocycles. The Morgan fingerprint density at radius 2 is 2.44 bits per heavy atom. The van der Waals surface area contributed by atoms with E-state index in [0.29, 0.717) is 23.0 Å². The molecule has 0 aliphatic rings. The molecule has 0 amide bonds. The van der Waals surface area contributed by atoms with Crippen molar-refractivity contribution in [3.05, 3.63) is 26.7 Å². The van der Waals surface area contributed by atoms with Gasteiger partial charge in [-0.05, 0) is 35.6 Å². The van der Waals surface area contributed by atoms with E-state index in [2.05, 4.69) is 32.6 Å². The highest BCUT2D eigenvalue weighted by molar-refractivity contribution is 14.1. The lowest BCUT2D eigenvalue weighted by Crippen LogP contribution is -2.06. The third-order valence-corrected chi connectivity index (χ3v) is 3.50. The van der Waals surface area contributed by atoms with Crippen molar-refractivity contribution in [3.8, 4) is 0 Å². The topological polar surface area (TPSA) is 55.0 Å². The number of carbonyl (C=O) groups excluding carboxylic acids is 1. The molecule has 84 valence electrons. The number of nitrogens with one attached hydrogen (secondary N) is 1. The molecular formula is C10H8ClIN2O2. The largest absolute Gasteiger partial charge is 0.461 e. The molecule has 0 aliphatic carbocycles. The molecule has 2 heterocycles. The SMILES string of the molecule is CCOC(=O)c1[nH]c2c(Cl)nccc2c1I. The summed E-state index contributed by atoms with van der Waals surface area (Å²) < 4.78 is 5.74. The van der Waals surface area contributed by atoms with Crippen molar-refractivity contribution in [2.45, 2.75) is 6.92 Å². The summed E-state index contributed by atoms with van der Waals surface area (Å²) in [5.74, 6) is -0.376. The lowest BCUT2D eigenvalue weighted by molar-refractivity contribution is 0.0519. The number of carbonyl (C=O) groups is 1. The molecule has 0 saturated heterocycles. The van der Waals surface area contributed by atoms with Gasteiger partial charge >= 0.3 is 5.97 Å². The van der Waals surface area contributed by atoms with Crippen LogP contribution in [0.25, 0.3) is 10.9 Å². The van der Waals surface area contributed by atoms with Crippen LogP contribution in [0.3, 0.4) is 0 Å². The molecule has 2 aromatic heterocycles. The zero-order valence-electron chi connectivity index (χ0n) is 8.38. The summed E-state index contributed by atoms with van der Waals surface area (Å²) >= 11 is 8.01. The van der Waals surface area contributed by atoms with Gasteiger partial charge in [0.1, 0.15) is 5.69 Å². The number of hydrogen-bond donors (Lipinski definition) is 1. The Balaban J connectivity index is 2.60. The highest BCUT2D eigenvalue weighted by Crippen LogP contribution is 2.28. The average molecular weight is 351 g/mol. The third-order valence-electron chi connectivity index (χ3n) is 2.09. The van der Waals surface area contributed by atoms with Gasteiger partial charge in [-0.3, -0.25) is 0 Å². The Bertz CT molecular complexity index is 553. The van der Waals surface area contributed by atoms with E-state index in [4.69, 9.17) is 16.3 Å². The van der Waals surface area contributed by atoms with E-state index in [0.717, 1.165) is 8.96 Å². The molecule has 4 nitrogen and oxygen atoms in total. The minimum Gasteiger partial charge on any atom is -0.461 e. The van der Waals surface area contributed by atoms with Crippen LogP contribution < -0.4 is 0 Å². The van der Waals surface area contributed by atoms with Crippen LogP contribution in [-0.4, -0.2) is 22.5 Å². The van der Waals surface area contributed by atoms with Gasteiger partial charge in [0.2, 0.25) is 0 Å². The number of pyridine rings is 1. The Hall–Kier alpha value is -0.820. The van der Waals surface area contributed by atoms with Gasteiger partial charge in [-0.2, -0.15) is 0 Å². The fourth-order valence-corrected chi connectivity index (χ4v) is 2.41. The lowest BCUT2D eigenvalue weighted by Gasteiger charge is -1.98. The summed E-state index contributed by atoms with van der Waals surface area (Å²) in [6, 6.07) is 1.81. The van der Waals surface area contributed by atoms with Crippen molar-refractivity contribution in [1.82, 2.24) is 9.97 Å². The fourth-order valence-electron chi connectivity index (χ4n) is 1.40. The monoisotopic (exact) mass is 350 g/mol. The van der Waals surface area contributed by atoms with Crippen molar-refractivity contribution in [1.29, 1.82) is 0 Å². The van der Waals surface area contributed by atoms with Gasteiger partial charge in [-0.15, -0.1) is 0 Å². The summed E-state index contributed by atoms with van der Waals surface area (Å²) in [6.45, 7) is 2.11. The van der Waals surface area contributed by atoms with E-state index in [1.165, 1.54) is 0 Å². The molecule has 1 N–H and O–H groups in total. The van der Waals surface area contributed by atoms with Gasteiger partial charge in [0.25, 0.3) is 0 Å². The number of aromatic nitrogens is 2. The van der Waals surface area contributed by atoms with Crippen molar-refractivity contribution in [2.24, 2.45) is 0 Å². The Morgan fingerprint density at radius 1 is 1.69 bits per heavy atom. The number of ether oxygens (including phenoxy) is 1. The number of fused-ring (bicyclic) bond motifs is 1. The fraction of sp³-hybridized carbons (Fsp3) is 0.200. The number of nitrogens with zero attached hydrogens (tertiary/aromatic N) is 1. The molecule has 0 bridgehead atoms. The van der Waals surface area contributed by atoms with Gasteiger partial charge in [-0.25, -0.2) is 9.78 Å². The standard InChI is InChI=1S/C10H8ClIN2O2/c1-2-16-10(15)8-6(12)5-3-4-13-9(11)7(5)14-8/h3-4,14H,2H2,1H3. The van der Waals surface area contributed by atoms with Crippen LogP contribution in [0.15, 0.2) is 12.3 Å². The molecule has 2 aromatic rings. The molecule has 0 atom stereocenters. The Labute approximate surface area is 110 Å². The predicted octanol–water partition coefficient (Wildman–Crippen LogP) is 3.00. The van der Waals surface area contributed by atoms with Crippen LogP contribution in [0.5, 0.6) is 0 Å². The number of esters is 1. The third kappa shape index (κ3) is 1.89. The molecule has 0 fully saturated rings. The van der Waals surface area contributed by atoms with Crippen LogP contribution in [-0.2, 0) is 4.74 Å². The summed E-state index contributed by atoms with van der Waals surface area (Å²) in [7, 11) is 0. The van der Waals surface area contributed by atoms with Crippen LogP contribution in [0, 0.1) is 3.57 Å². The number of hydrogen-bond acceptors (Lipinski definition) is 3. The minimum atomic E-state index is -0.376. The number of rotatable bonds is 2. The van der Waals surface area contributed by atoms with Crippen molar-refractivity contribution >= 4 is 51.1 Å². The van der Waals surface area contributed by atoms with Crippen LogP contribution in [0.4, 0.5) is 0 Å². The first kappa shape index (κ1) is 11.7. The molecule has 0 unspecified atom stereocenters. The minimum absolute atomic E-state index is 0.344. The van der Waals surface area contributed by atoms with Gasteiger partial charge in [0.05, 0.1) is 15.7 Å². The quantitative estimate of drug-likeness (QED) is 0.515. The van der Waals surface area contributed by atoms with Crippen molar-refractivity contribution < 1.29 is 9.53 Å². The van der Waals surface area contributed by atoms with E-state index in [1.807, 2.05) is 6.07 Å². The summed E-state index contributed by atoms with van der Waals surface area (Å²) in [4.78, 5) is 18.5. The second-order valence-corrected chi connectivity index (χ2v) is 4.50. The highest BCUT2D eigenvalue weighted by Gasteiger charge is 2.18. The lowest BCUT2D eigenvalue weighted by atomic mass is 10.3. The molecule has 6 heteroatoms. The Kier molecular flexibility index (Phi) is 3.34. The van der Waals surface area contributed by atoms with Crippen LogP contribution >= 0.6 is 34.2 Å². The van der Waals surface area contributed by atoms with E-state index in [-0.39, 0.29) is 5.97 Å². The summed E-state index contributed by atoms with van der Waals surface area (Å²) in [5, 5.41) is 1.23. The zero-order valence-corrected chi connectivity index (χ0v) is 11.3. The van der Waals surface area contributed by atoms with Crippen LogP contribution in [0.1, 0.15) is 17.4 Å². The first-order valence-electron chi connectivity index (χ1n) is 4.64. The number of H-pyrrole nitrogens is 1. The first-order chi connectivity index (χ1) is 7.65. The van der Waals surface area contributed by atoms with Gasteiger partial charge in [0.15, 0.2) is 5.15 Å². The van der Waals surface area contributed by atoms with E-state index in [1.54, 1.807) is 13.1 Å². The van der Waals surface area contributed by atoms with Gasteiger partial charge < -0.3 is 9.72 Å². The summed E-state index contributed by atoms with van der Waals surface area (Å²) in [6.07, 6.45) is 1.61. The maximum absolute atomic E-state index is 11.6. The van der Waals surface area contributed by atoms with Crippen molar-refractivity contribution in [3.63, 3.8) is 0 Å². The second-order valence-electron chi connectivity index (χ2n) is 3.06. The molecule has 2 rings (SSSR count). The van der Waals surface area contributed by atoms with Gasteiger partial charge in [0, 0.05) is 11.6 Å². The number of halogens is 2. The number of aromatic amines is 1. The average Bonchev–Trinajstić information content (AvgIpc) is 2.59. The molecule has 0 radical (unpaired) electrons. The normalized spacial score (nSPS) is 10.7. The maximum Gasteiger partial charge on any atom is 0.355 e. The van der Waals surface area contributed by atoms with E-state index in [9.17, 15) is 4.79 Å². The molecule has 0 spiro atoms. The van der Waals surface area contributed by atoms with E-state index < -0.39 is 0 Å². The maximum atomic E-state index is 11.6. The summed E-state index contributed by atoms with van der Waals surface area (Å²) in [5.41, 5.74) is 1.09. The van der Waals surface area contributed by atoms with Gasteiger partial charge in [-0.1, -0.05) is 11.6 Å². The molecular weight excluding hydrogens is 342 g/mol. The molecule has 0 aliphatic heterocycles. The van der Waals surface area contributed by atoms with Crippen LogP contribution in [0.2, 0.25) is 5.15 Å². The highest BCUT2D eigenvalue weighted by atomic mass is 127.